The number of benzene rings is 1. The summed E-state index contributed by atoms with van der Waals surface area (Å²) in [6.45, 7) is 0.737. The minimum atomic E-state index is -2.97. The average Bonchev–Trinajstić information content (AvgIpc) is 2.28. The second kappa shape index (κ2) is 5.77. The van der Waals surface area contributed by atoms with E-state index in [0.717, 1.165) is 0 Å². The molecule has 100 valence electrons. The van der Waals surface area contributed by atoms with Crippen molar-refractivity contribution in [2.45, 2.75) is 26.0 Å². The van der Waals surface area contributed by atoms with Gasteiger partial charge in [-0.15, -0.1) is 0 Å². The molecule has 0 atom stereocenters. The van der Waals surface area contributed by atoms with Gasteiger partial charge in [0.25, 0.3) is 5.91 Å². The maximum absolute atomic E-state index is 12.2. The molecule has 0 aliphatic heterocycles. The third kappa shape index (κ3) is 3.96. The van der Waals surface area contributed by atoms with Crippen LogP contribution < -0.4 is 15.8 Å². The van der Waals surface area contributed by atoms with Crippen molar-refractivity contribution in [3.8, 4) is 5.75 Å². The van der Waals surface area contributed by atoms with Gasteiger partial charge in [0.05, 0.1) is 5.56 Å². The van der Waals surface area contributed by atoms with E-state index < -0.39 is 18.1 Å². The lowest BCUT2D eigenvalue weighted by Crippen LogP contribution is -2.48. The van der Waals surface area contributed by atoms with Crippen molar-refractivity contribution < 1.29 is 18.3 Å². The first-order chi connectivity index (χ1) is 8.35. The van der Waals surface area contributed by atoms with E-state index >= 15 is 0 Å². The maximum atomic E-state index is 12.2. The topological polar surface area (TPSA) is 64.3 Å². The van der Waals surface area contributed by atoms with Crippen LogP contribution in [0.15, 0.2) is 24.3 Å². The number of para-hydroxylation sites is 1. The minimum absolute atomic E-state index is 0.0549. The van der Waals surface area contributed by atoms with Crippen LogP contribution in [0, 0.1) is 0 Å². The number of rotatable bonds is 5. The fourth-order valence-electron chi connectivity index (χ4n) is 1.28. The average molecular weight is 258 g/mol. The van der Waals surface area contributed by atoms with Gasteiger partial charge in [-0.2, -0.15) is 8.78 Å². The van der Waals surface area contributed by atoms with Gasteiger partial charge in [0.15, 0.2) is 0 Å². The number of hydrogen-bond acceptors (Lipinski definition) is 3. The van der Waals surface area contributed by atoms with Gasteiger partial charge < -0.3 is 15.8 Å². The molecule has 1 amide bonds. The summed E-state index contributed by atoms with van der Waals surface area (Å²) in [5.41, 5.74) is 4.92. The van der Waals surface area contributed by atoms with Crippen molar-refractivity contribution in [1.82, 2.24) is 5.32 Å². The maximum Gasteiger partial charge on any atom is 0.387 e. The number of nitrogens with one attached hydrogen (secondary N) is 1. The number of nitrogens with two attached hydrogens (primary N) is 1. The molecular formula is C12H16F2N2O2. The first-order valence-electron chi connectivity index (χ1n) is 5.42. The van der Waals surface area contributed by atoms with Crippen LogP contribution >= 0.6 is 0 Å². The van der Waals surface area contributed by atoms with Gasteiger partial charge in [0.1, 0.15) is 5.75 Å². The lowest BCUT2D eigenvalue weighted by atomic mass is 10.0. The summed E-state index contributed by atoms with van der Waals surface area (Å²) in [6, 6.07) is 5.82. The lowest BCUT2D eigenvalue weighted by Gasteiger charge is -2.24. The quantitative estimate of drug-likeness (QED) is 0.845. The van der Waals surface area contributed by atoms with Crippen molar-refractivity contribution in [3.05, 3.63) is 29.8 Å². The monoisotopic (exact) mass is 258 g/mol. The molecule has 1 aromatic carbocycles. The molecule has 0 unspecified atom stereocenters. The highest BCUT2D eigenvalue weighted by Gasteiger charge is 2.22. The molecule has 3 N–H and O–H groups in total. The van der Waals surface area contributed by atoms with Crippen molar-refractivity contribution in [2.24, 2.45) is 5.73 Å². The number of carbonyl (C=O) groups excluding carboxylic acids is 1. The highest BCUT2D eigenvalue weighted by Crippen LogP contribution is 2.20. The Hall–Kier alpha value is -1.69. The first-order valence-corrected chi connectivity index (χ1v) is 5.42. The number of amides is 1. The second-order valence-corrected chi connectivity index (χ2v) is 4.42. The Balaban J connectivity index is 2.92. The number of alkyl halides is 2. The smallest absolute Gasteiger partial charge is 0.387 e. The predicted octanol–water partition coefficient (Wildman–Crippen LogP) is 1.76. The van der Waals surface area contributed by atoms with Crippen molar-refractivity contribution in [1.29, 1.82) is 0 Å². The molecule has 0 aliphatic rings. The number of carbonyl (C=O) groups is 1. The summed E-state index contributed by atoms with van der Waals surface area (Å²) in [6.07, 6.45) is 0. The molecule has 1 rings (SSSR count). The summed E-state index contributed by atoms with van der Waals surface area (Å²) in [7, 11) is 0. The van der Waals surface area contributed by atoms with E-state index in [2.05, 4.69) is 10.1 Å². The Labute approximate surface area is 104 Å². The molecule has 18 heavy (non-hydrogen) atoms. The van der Waals surface area contributed by atoms with Crippen LogP contribution in [-0.4, -0.2) is 24.6 Å². The van der Waals surface area contributed by atoms with Crippen LogP contribution in [0.1, 0.15) is 24.2 Å². The fourth-order valence-corrected chi connectivity index (χ4v) is 1.28. The van der Waals surface area contributed by atoms with Gasteiger partial charge in [-0.1, -0.05) is 12.1 Å². The Morgan fingerprint density at radius 2 is 2.06 bits per heavy atom. The zero-order valence-electron chi connectivity index (χ0n) is 10.2. The van der Waals surface area contributed by atoms with Crippen LogP contribution in [0.3, 0.4) is 0 Å². The predicted molar refractivity (Wildman–Crippen MR) is 63.7 cm³/mol. The van der Waals surface area contributed by atoms with Crippen LogP contribution in [0.4, 0.5) is 8.78 Å². The fraction of sp³-hybridized carbons (Fsp3) is 0.417. The molecule has 4 nitrogen and oxygen atoms in total. The minimum Gasteiger partial charge on any atom is -0.434 e. The van der Waals surface area contributed by atoms with Gasteiger partial charge in [-0.25, -0.2) is 0 Å². The number of halogens is 2. The molecule has 0 bridgehead atoms. The van der Waals surface area contributed by atoms with Crippen LogP contribution in [0.25, 0.3) is 0 Å². The van der Waals surface area contributed by atoms with Gasteiger partial charge in [0.2, 0.25) is 0 Å². The first kappa shape index (κ1) is 14.4. The molecule has 0 radical (unpaired) electrons. The van der Waals surface area contributed by atoms with Gasteiger partial charge in [0, 0.05) is 12.1 Å². The third-order valence-corrected chi connectivity index (χ3v) is 2.31. The standard InChI is InChI=1S/C12H16F2N2O2/c1-12(2,7-15)16-10(17)8-5-3-4-6-9(8)18-11(13)14/h3-6,11H,7,15H2,1-2H3,(H,16,17). The largest absolute Gasteiger partial charge is 0.434 e. The Morgan fingerprint density at radius 1 is 1.44 bits per heavy atom. The zero-order chi connectivity index (χ0) is 13.8. The van der Waals surface area contributed by atoms with Crippen LogP contribution in [-0.2, 0) is 0 Å². The molecule has 0 heterocycles. The summed E-state index contributed by atoms with van der Waals surface area (Å²) >= 11 is 0. The normalized spacial score (nSPS) is 11.4. The van der Waals surface area contributed by atoms with E-state index in [0.29, 0.717) is 0 Å². The van der Waals surface area contributed by atoms with E-state index in [-0.39, 0.29) is 17.9 Å². The number of ether oxygens (including phenoxy) is 1. The van der Waals surface area contributed by atoms with E-state index in [9.17, 15) is 13.6 Å². The Bertz CT molecular complexity index is 422. The van der Waals surface area contributed by atoms with Gasteiger partial charge >= 0.3 is 6.61 Å². The molecular weight excluding hydrogens is 242 g/mol. The van der Waals surface area contributed by atoms with Gasteiger partial charge in [-0.3, -0.25) is 4.79 Å². The van der Waals surface area contributed by atoms with E-state index in [1.54, 1.807) is 19.9 Å². The van der Waals surface area contributed by atoms with Crippen LogP contribution in [0.2, 0.25) is 0 Å². The van der Waals surface area contributed by atoms with Crippen molar-refractivity contribution >= 4 is 5.91 Å². The molecule has 1 aromatic rings. The third-order valence-electron chi connectivity index (χ3n) is 2.31. The molecule has 0 fully saturated rings. The summed E-state index contributed by atoms with van der Waals surface area (Å²) in [5.74, 6) is -0.653. The molecule has 6 heteroatoms. The highest BCUT2D eigenvalue weighted by atomic mass is 19.3. The molecule has 0 spiro atoms. The molecule has 0 aromatic heterocycles. The number of hydrogen-bond donors (Lipinski definition) is 2. The van der Waals surface area contributed by atoms with E-state index in [1.807, 2.05) is 0 Å². The zero-order valence-corrected chi connectivity index (χ0v) is 10.2. The molecule has 0 aliphatic carbocycles. The molecule has 0 saturated heterocycles. The molecule has 0 saturated carbocycles. The lowest BCUT2D eigenvalue weighted by molar-refractivity contribution is -0.0501. The summed E-state index contributed by atoms with van der Waals surface area (Å²) < 4.78 is 28.7. The second-order valence-electron chi connectivity index (χ2n) is 4.42. The Kier molecular flexibility index (Phi) is 4.61. The van der Waals surface area contributed by atoms with Crippen molar-refractivity contribution in [3.63, 3.8) is 0 Å². The summed E-state index contributed by atoms with van der Waals surface area (Å²) in [4.78, 5) is 11.9. The van der Waals surface area contributed by atoms with E-state index in [1.165, 1.54) is 18.2 Å². The highest BCUT2D eigenvalue weighted by molar-refractivity contribution is 5.97. The van der Waals surface area contributed by atoms with Gasteiger partial charge in [-0.05, 0) is 26.0 Å². The summed E-state index contributed by atoms with van der Waals surface area (Å²) in [5, 5.41) is 2.65. The van der Waals surface area contributed by atoms with Crippen LogP contribution in [0.5, 0.6) is 5.75 Å². The SMILES string of the molecule is CC(C)(CN)NC(=O)c1ccccc1OC(F)F. The Morgan fingerprint density at radius 3 is 2.61 bits per heavy atom. The van der Waals surface area contributed by atoms with E-state index in [4.69, 9.17) is 5.73 Å². The van der Waals surface area contributed by atoms with Crippen molar-refractivity contribution in [2.75, 3.05) is 6.54 Å².